The van der Waals surface area contributed by atoms with Gasteiger partial charge in [-0.3, -0.25) is 9.10 Å². The minimum absolute atomic E-state index is 0.0164. The van der Waals surface area contributed by atoms with Gasteiger partial charge in [0.15, 0.2) is 0 Å². The van der Waals surface area contributed by atoms with E-state index in [0.717, 1.165) is 0 Å². The summed E-state index contributed by atoms with van der Waals surface area (Å²) in [4.78, 5) is 11.9. The van der Waals surface area contributed by atoms with Crippen LogP contribution in [-0.2, 0) is 14.8 Å². The number of carbonyl (C=O) groups is 1. The standard InChI is InChI=1S/C17H18N2O4S/c1-11-9-12(23-2)7-8-16(11)24(21,22)19-10-14(17(18)20)13-5-3-4-6-15(13)19/h3-9,14H,10H2,1-2H3,(H2,18,20)/t14-/m1/s1. The Morgan fingerprint density at radius 1 is 1.25 bits per heavy atom. The molecule has 0 saturated heterocycles. The maximum atomic E-state index is 13.1. The highest BCUT2D eigenvalue weighted by Crippen LogP contribution is 2.40. The number of para-hydroxylation sites is 1. The first-order valence-electron chi connectivity index (χ1n) is 7.42. The molecule has 0 aromatic heterocycles. The number of carbonyl (C=O) groups excluding carboxylic acids is 1. The van der Waals surface area contributed by atoms with Crippen LogP contribution in [0.4, 0.5) is 5.69 Å². The molecule has 1 aliphatic heterocycles. The third-order valence-corrected chi connectivity index (χ3v) is 6.16. The fourth-order valence-corrected chi connectivity index (χ4v) is 4.71. The quantitative estimate of drug-likeness (QED) is 0.914. The average molecular weight is 346 g/mol. The molecular formula is C17H18N2O4S. The lowest BCUT2D eigenvalue weighted by Gasteiger charge is -2.21. The van der Waals surface area contributed by atoms with E-state index >= 15 is 0 Å². The van der Waals surface area contributed by atoms with E-state index in [4.69, 9.17) is 10.5 Å². The topological polar surface area (TPSA) is 89.7 Å². The monoisotopic (exact) mass is 346 g/mol. The lowest BCUT2D eigenvalue weighted by molar-refractivity contribution is -0.119. The largest absolute Gasteiger partial charge is 0.497 e. The van der Waals surface area contributed by atoms with E-state index in [2.05, 4.69) is 0 Å². The number of fused-ring (bicyclic) bond motifs is 1. The van der Waals surface area contributed by atoms with Gasteiger partial charge in [-0.05, 0) is 42.3 Å². The number of methoxy groups -OCH3 is 1. The van der Waals surface area contributed by atoms with Gasteiger partial charge in [0.1, 0.15) is 5.75 Å². The van der Waals surface area contributed by atoms with Crippen LogP contribution in [0.5, 0.6) is 5.75 Å². The van der Waals surface area contributed by atoms with Gasteiger partial charge in [-0.15, -0.1) is 0 Å². The number of aryl methyl sites for hydroxylation is 1. The van der Waals surface area contributed by atoms with Gasteiger partial charge in [0, 0.05) is 0 Å². The molecule has 6 nitrogen and oxygen atoms in total. The molecule has 24 heavy (non-hydrogen) atoms. The molecule has 2 aromatic carbocycles. The van der Waals surface area contributed by atoms with E-state index in [1.54, 1.807) is 43.3 Å². The molecule has 126 valence electrons. The van der Waals surface area contributed by atoms with Gasteiger partial charge in [-0.25, -0.2) is 8.42 Å². The van der Waals surface area contributed by atoms with Crippen molar-refractivity contribution in [2.75, 3.05) is 18.0 Å². The third-order valence-electron chi connectivity index (χ3n) is 4.22. The van der Waals surface area contributed by atoms with Crippen molar-refractivity contribution >= 4 is 21.6 Å². The van der Waals surface area contributed by atoms with Crippen LogP contribution in [0, 0.1) is 6.92 Å². The van der Waals surface area contributed by atoms with Gasteiger partial charge in [-0.2, -0.15) is 0 Å². The van der Waals surface area contributed by atoms with E-state index in [1.807, 2.05) is 0 Å². The molecule has 1 amide bonds. The van der Waals surface area contributed by atoms with Crippen LogP contribution < -0.4 is 14.8 Å². The zero-order valence-corrected chi connectivity index (χ0v) is 14.2. The number of anilines is 1. The van der Waals surface area contributed by atoms with Crippen LogP contribution in [0.25, 0.3) is 0 Å². The zero-order chi connectivity index (χ0) is 17.5. The molecule has 0 radical (unpaired) electrons. The van der Waals surface area contributed by atoms with Crippen LogP contribution in [0.2, 0.25) is 0 Å². The van der Waals surface area contributed by atoms with Crippen molar-refractivity contribution in [3.63, 3.8) is 0 Å². The second kappa shape index (κ2) is 5.83. The lowest BCUT2D eigenvalue weighted by atomic mass is 10.0. The minimum atomic E-state index is -3.80. The number of ether oxygens (including phenoxy) is 1. The molecule has 0 aliphatic carbocycles. The smallest absolute Gasteiger partial charge is 0.264 e. The molecule has 0 spiro atoms. The molecule has 0 fully saturated rings. The second-order valence-corrected chi connectivity index (χ2v) is 7.51. The molecule has 0 saturated carbocycles. The van der Waals surface area contributed by atoms with Crippen molar-refractivity contribution in [3.05, 3.63) is 53.6 Å². The highest BCUT2D eigenvalue weighted by molar-refractivity contribution is 7.93. The minimum Gasteiger partial charge on any atom is -0.497 e. The van der Waals surface area contributed by atoms with Gasteiger partial charge in [0.25, 0.3) is 10.0 Å². The highest BCUT2D eigenvalue weighted by Gasteiger charge is 2.39. The van der Waals surface area contributed by atoms with E-state index < -0.39 is 21.8 Å². The number of sulfonamides is 1. The summed E-state index contributed by atoms with van der Waals surface area (Å²) in [6.07, 6.45) is 0. The first-order chi connectivity index (χ1) is 11.4. The molecule has 0 unspecified atom stereocenters. The zero-order valence-electron chi connectivity index (χ0n) is 13.4. The van der Waals surface area contributed by atoms with Crippen molar-refractivity contribution in [1.29, 1.82) is 0 Å². The van der Waals surface area contributed by atoms with Gasteiger partial charge in [-0.1, -0.05) is 18.2 Å². The van der Waals surface area contributed by atoms with Gasteiger partial charge < -0.3 is 10.5 Å². The summed E-state index contributed by atoms with van der Waals surface area (Å²) in [5, 5.41) is 0. The SMILES string of the molecule is COc1ccc(S(=O)(=O)N2C[C@@H](C(N)=O)c3ccccc32)c(C)c1. The Kier molecular flexibility index (Phi) is 3.96. The number of nitrogens with two attached hydrogens (primary N) is 1. The summed E-state index contributed by atoms with van der Waals surface area (Å²) >= 11 is 0. The van der Waals surface area contributed by atoms with Crippen molar-refractivity contribution in [2.45, 2.75) is 17.7 Å². The predicted molar refractivity (Wildman–Crippen MR) is 90.6 cm³/mol. The predicted octanol–water partition coefficient (Wildman–Crippen LogP) is 1.78. The Bertz CT molecular complexity index is 909. The summed E-state index contributed by atoms with van der Waals surface area (Å²) in [5.74, 6) is -0.593. The number of primary amides is 1. The Morgan fingerprint density at radius 2 is 1.96 bits per heavy atom. The van der Waals surface area contributed by atoms with Gasteiger partial charge >= 0.3 is 0 Å². The Hall–Kier alpha value is -2.54. The molecule has 1 aliphatic rings. The number of rotatable bonds is 4. The fourth-order valence-electron chi connectivity index (χ4n) is 3.00. The third kappa shape index (κ3) is 2.50. The highest BCUT2D eigenvalue weighted by atomic mass is 32.2. The van der Waals surface area contributed by atoms with E-state index in [9.17, 15) is 13.2 Å². The van der Waals surface area contributed by atoms with Crippen molar-refractivity contribution in [3.8, 4) is 5.75 Å². The van der Waals surface area contributed by atoms with Gasteiger partial charge in [0.05, 0.1) is 30.2 Å². The summed E-state index contributed by atoms with van der Waals surface area (Å²) in [5.41, 5.74) is 7.16. The molecular weight excluding hydrogens is 328 g/mol. The van der Waals surface area contributed by atoms with E-state index in [1.165, 1.54) is 17.5 Å². The normalized spacial score (nSPS) is 16.8. The maximum Gasteiger partial charge on any atom is 0.264 e. The molecule has 0 bridgehead atoms. The Balaban J connectivity index is 2.10. The van der Waals surface area contributed by atoms with Crippen LogP contribution in [0.1, 0.15) is 17.0 Å². The number of benzene rings is 2. The molecule has 1 atom stereocenters. The van der Waals surface area contributed by atoms with E-state index in [0.29, 0.717) is 22.6 Å². The second-order valence-electron chi connectivity index (χ2n) is 5.68. The first kappa shape index (κ1) is 16.3. The number of hydrogen-bond acceptors (Lipinski definition) is 4. The lowest BCUT2D eigenvalue weighted by Crippen LogP contribution is -2.33. The number of nitrogens with zero attached hydrogens (tertiary/aromatic N) is 1. The van der Waals surface area contributed by atoms with Crippen LogP contribution in [0.3, 0.4) is 0 Å². The summed E-state index contributed by atoms with van der Waals surface area (Å²) in [6.45, 7) is 1.73. The van der Waals surface area contributed by atoms with Crippen molar-refractivity contribution < 1.29 is 17.9 Å². The van der Waals surface area contributed by atoms with Gasteiger partial charge in [0.2, 0.25) is 5.91 Å². The summed E-state index contributed by atoms with van der Waals surface area (Å²) in [7, 11) is -2.28. The average Bonchev–Trinajstić information content (AvgIpc) is 2.95. The van der Waals surface area contributed by atoms with Crippen LogP contribution in [0.15, 0.2) is 47.4 Å². The van der Waals surface area contributed by atoms with Crippen LogP contribution in [-0.4, -0.2) is 28.0 Å². The molecule has 7 heteroatoms. The molecule has 3 rings (SSSR count). The van der Waals surface area contributed by atoms with Crippen molar-refractivity contribution in [1.82, 2.24) is 0 Å². The number of amides is 1. The molecule has 2 aromatic rings. The first-order valence-corrected chi connectivity index (χ1v) is 8.86. The van der Waals surface area contributed by atoms with Crippen LogP contribution >= 0.6 is 0 Å². The Morgan fingerprint density at radius 3 is 2.58 bits per heavy atom. The van der Waals surface area contributed by atoms with E-state index in [-0.39, 0.29) is 11.4 Å². The molecule has 2 N–H and O–H groups in total. The maximum absolute atomic E-state index is 13.1. The fraction of sp³-hybridized carbons (Fsp3) is 0.235. The number of hydrogen-bond donors (Lipinski definition) is 1. The molecule has 1 heterocycles. The summed E-state index contributed by atoms with van der Waals surface area (Å²) < 4.78 is 32.6. The summed E-state index contributed by atoms with van der Waals surface area (Å²) in [6, 6.07) is 11.7. The Labute approximate surface area is 140 Å². The van der Waals surface area contributed by atoms with Crippen molar-refractivity contribution in [2.24, 2.45) is 5.73 Å².